The van der Waals surface area contributed by atoms with Crippen LogP contribution < -0.4 is 5.32 Å². The van der Waals surface area contributed by atoms with Gasteiger partial charge in [0.1, 0.15) is 0 Å². The highest BCUT2D eigenvalue weighted by atomic mass is 14.9. The van der Waals surface area contributed by atoms with Crippen LogP contribution in [0.15, 0.2) is 42.5 Å². The summed E-state index contributed by atoms with van der Waals surface area (Å²) in [5.41, 5.74) is 6.86. The van der Waals surface area contributed by atoms with E-state index in [1.165, 1.54) is 27.8 Å². The van der Waals surface area contributed by atoms with Gasteiger partial charge in [-0.3, -0.25) is 0 Å². The van der Waals surface area contributed by atoms with Gasteiger partial charge in [-0.2, -0.15) is 0 Å². The van der Waals surface area contributed by atoms with Gasteiger partial charge in [-0.25, -0.2) is 0 Å². The zero-order chi connectivity index (χ0) is 13.8. The molecule has 1 N–H and O–H groups in total. The van der Waals surface area contributed by atoms with Crippen molar-refractivity contribution in [2.75, 3.05) is 0 Å². The molecule has 2 aromatic carbocycles. The Labute approximate surface area is 116 Å². The molecule has 0 aromatic heterocycles. The van der Waals surface area contributed by atoms with Gasteiger partial charge in [-0.05, 0) is 49.9 Å². The lowest BCUT2D eigenvalue weighted by atomic mass is 9.99. The van der Waals surface area contributed by atoms with Crippen LogP contribution in [0.1, 0.15) is 40.8 Å². The van der Waals surface area contributed by atoms with Crippen LogP contribution in [0.5, 0.6) is 0 Å². The average molecular weight is 253 g/mol. The summed E-state index contributed by atoms with van der Waals surface area (Å²) in [6.07, 6.45) is 0. The second-order valence-corrected chi connectivity index (χ2v) is 5.39. The zero-order valence-electron chi connectivity index (χ0n) is 12.3. The van der Waals surface area contributed by atoms with E-state index in [1.54, 1.807) is 0 Å². The number of hydrogen-bond acceptors (Lipinski definition) is 1. The smallest absolute Gasteiger partial charge is 0.0294 e. The standard InChI is InChI=1S/C18H23N/c1-13-10-14(2)18(15(3)11-13)12-19-16(4)17-8-6-5-7-9-17/h5-11,16,19H,12H2,1-4H3/t16-/m1/s1. The molecule has 0 bridgehead atoms. The Balaban J connectivity index is 2.07. The van der Waals surface area contributed by atoms with E-state index < -0.39 is 0 Å². The van der Waals surface area contributed by atoms with Gasteiger partial charge < -0.3 is 5.32 Å². The Bertz CT molecular complexity index is 520. The van der Waals surface area contributed by atoms with Gasteiger partial charge in [0, 0.05) is 12.6 Å². The lowest BCUT2D eigenvalue weighted by molar-refractivity contribution is 0.572. The van der Waals surface area contributed by atoms with Crippen LogP contribution in [0.4, 0.5) is 0 Å². The summed E-state index contributed by atoms with van der Waals surface area (Å²) in [6, 6.07) is 15.5. The van der Waals surface area contributed by atoms with Crippen molar-refractivity contribution in [2.45, 2.75) is 40.3 Å². The van der Waals surface area contributed by atoms with E-state index in [-0.39, 0.29) is 0 Å². The van der Waals surface area contributed by atoms with Crippen molar-refractivity contribution in [3.63, 3.8) is 0 Å². The van der Waals surface area contributed by atoms with E-state index in [0.29, 0.717) is 6.04 Å². The minimum absolute atomic E-state index is 0.376. The topological polar surface area (TPSA) is 12.0 Å². The van der Waals surface area contributed by atoms with Crippen LogP contribution >= 0.6 is 0 Å². The van der Waals surface area contributed by atoms with E-state index in [2.05, 4.69) is 75.5 Å². The van der Waals surface area contributed by atoms with Gasteiger partial charge >= 0.3 is 0 Å². The van der Waals surface area contributed by atoms with Gasteiger partial charge in [0.2, 0.25) is 0 Å². The van der Waals surface area contributed by atoms with E-state index in [1.807, 2.05) is 0 Å². The van der Waals surface area contributed by atoms with Gasteiger partial charge in [-0.15, -0.1) is 0 Å². The normalized spacial score (nSPS) is 12.4. The molecule has 0 aliphatic rings. The molecule has 0 saturated carbocycles. The Morgan fingerprint density at radius 1 is 0.947 bits per heavy atom. The first-order chi connectivity index (χ1) is 9.08. The third-order valence-corrected chi connectivity index (χ3v) is 3.72. The third-order valence-electron chi connectivity index (χ3n) is 3.72. The van der Waals surface area contributed by atoms with Crippen molar-refractivity contribution in [3.8, 4) is 0 Å². The first-order valence-electron chi connectivity index (χ1n) is 6.93. The molecule has 2 aromatic rings. The lowest BCUT2D eigenvalue weighted by Gasteiger charge is -2.17. The van der Waals surface area contributed by atoms with Crippen molar-refractivity contribution in [1.29, 1.82) is 0 Å². The molecule has 0 aliphatic carbocycles. The molecule has 19 heavy (non-hydrogen) atoms. The highest BCUT2D eigenvalue weighted by molar-refractivity contribution is 5.37. The maximum absolute atomic E-state index is 3.62. The quantitative estimate of drug-likeness (QED) is 0.848. The molecule has 0 aliphatic heterocycles. The molecule has 1 nitrogen and oxygen atoms in total. The predicted octanol–water partition coefficient (Wildman–Crippen LogP) is 4.46. The predicted molar refractivity (Wildman–Crippen MR) is 82.3 cm³/mol. The fourth-order valence-corrected chi connectivity index (χ4v) is 2.60. The molecule has 1 heteroatoms. The summed E-state index contributed by atoms with van der Waals surface area (Å²) < 4.78 is 0. The lowest BCUT2D eigenvalue weighted by Crippen LogP contribution is -2.19. The first-order valence-corrected chi connectivity index (χ1v) is 6.93. The maximum atomic E-state index is 3.62. The van der Waals surface area contributed by atoms with Gasteiger partial charge in [0.25, 0.3) is 0 Å². The van der Waals surface area contributed by atoms with E-state index in [0.717, 1.165) is 6.54 Å². The van der Waals surface area contributed by atoms with E-state index in [4.69, 9.17) is 0 Å². The molecule has 100 valence electrons. The third kappa shape index (κ3) is 3.45. The fourth-order valence-electron chi connectivity index (χ4n) is 2.60. The minimum atomic E-state index is 0.376. The molecule has 0 fully saturated rings. The molecular formula is C18H23N. The summed E-state index contributed by atoms with van der Waals surface area (Å²) in [5.74, 6) is 0. The summed E-state index contributed by atoms with van der Waals surface area (Å²) in [5, 5.41) is 3.62. The van der Waals surface area contributed by atoms with Crippen molar-refractivity contribution < 1.29 is 0 Å². The SMILES string of the molecule is Cc1cc(C)c(CN[C@H](C)c2ccccc2)c(C)c1. The molecule has 2 rings (SSSR count). The van der Waals surface area contributed by atoms with Crippen LogP contribution in [0.25, 0.3) is 0 Å². The highest BCUT2D eigenvalue weighted by Gasteiger charge is 2.07. The first kappa shape index (κ1) is 13.8. The van der Waals surface area contributed by atoms with Gasteiger partial charge in [0.05, 0.1) is 0 Å². The zero-order valence-corrected chi connectivity index (χ0v) is 12.3. The van der Waals surface area contributed by atoms with Gasteiger partial charge in [0.15, 0.2) is 0 Å². The fraction of sp³-hybridized carbons (Fsp3) is 0.333. The van der Waals surface area contributed by atoms with E-state index >= 15 is 0 Å². The minimum Gasteiger partial charge on any atom is -0.306 e. The number of aryl methyl sites for hydroxylation is 3. The molecule has 0 amide bonds. The van der Waals surface area contributed by atoms with Gasteiger partial charge in [-0.1, -0.05) is 48.0 Å². The Kier molecular flexibility index (Phi) is 4.39. The molecule has 0 heterocycles. The molecule has 1 atom stereocenters. The second-order valence-electron chi connectivity index (χ2n) is 5.39. The van der Waals surface area contributed by atoms with Crippen molar-refractivity contribution >= 4 is 0 Å². The van der Waals surface area contributed by atoms with Crippen molar-refractivity contribution in [3.05, 3.63) is 70.3 Å². The number of benzene rings is 2. The van der Waals surface area contributed by atoms with Crippen LogP contribution in [0.2, 0.25) is 0 Å². The number of hydrogen-bond donors (Lipinski definition) is 1. The Morgan fingerprint density at radius 3 is 2.11 bits per heavy atom. The van der Waals surface area contributed by atoms with Crippen LogP contribution in [-0.2, 0) is 6.54 Å². The average Bonchev–Trinajstić information content (AvgIpc) is 2.38. The van der Waals surface area contributed by atoms with Crippen LogP contribution in [-0.4, -0.2) is 0 Å². The summed E-state index contributed by atoms with van der Waals surface area (Å²) >= 11 is 0. The summed E-state index contributed by atoms with van der Waals surface area (Å²) in [7, 11) is 0. The highest BCUT2D eigenvalue weighted by Crippen LogP contribution is 2.18. The largest absolute Gasteiger partial charge is 0.306 e. The maximum Gasteiger partial charge on any atom is 0.0294 e. The Hall–Kier alpha value is -1.60. The van der Waals surface area contributed by atoms with Crippen LogP contribution in [0, 0.1) is 20.8 Å². The van der Waals surface area contributed by atoms with Crippen molar-refractivity contribution in [2.24, 2.45) is 0 Å². The van der Waals surface area contributed by atoms with Crippen molar-refractivity contribution in [1.82, 2.24) is 5.32 Å². The monoisotopic (exact) mass is 253 g/mol. The number of nitrogens with one attached hydrogen (secondary N) is 1. The number of rotatable bonds is 4. The summed E-state index contributed by atoms with van der Waals surface area (Å²) in [6.45, 7) is 9.69. The molecule has 0 spiro atoms. The Morgan fingerprint density at radius 2 is 1.53 bits per heavy atom. The molecular weight excluding hydrogens is 230 g/mol. The molecule has 0 saturated heterocycles. The van der Waals surface area contributed by atoms with E-state index in [9.17, 15) is 0 Å². The second kappa shape index (κ2) is 6.03. The molecule has 0 unspecified atom stereocenters. The van der Waals surface area contributed by atoms with Crippen LogP contribution in [0.3, 0.4) is 0 Å². The molecule has 0 radical (unpaired) electrons. The summed E-state index contributed by atoms with van der Waals surface area (Å²) in [4.78, 5) is 0.